The molecule has 3 N–H and O–H groups in total. The number of rotatable bonds is 20. The average molecular weight is 382 g/mol. The lowest BCUT2D eigenvalue weighted by molar-refractivity contribution is -0.124. The van der Waals surface area contributed by atoms with Crippen LogP contribution < -0.4 is 5.73 Å². The lowest BCUT2D eigenvalue weighted by Gasteiger charge is -2.22. The van der Waals surface area contributed by atoms with Crippen molar-refractivity contribution < 1.29 is 9.90 Å². The molecule has 1 amide bonds. The fraction of sp³-hybridized carbons (Fsp3) is 0.875. The van der Waals surface area contributed by atoms with Gasteiger partial charge in [0.15, 0.2) is 0 Å². The van der Waals surface area contributed by atoms with Crippen LogP contribution in [0.4, 0.5) is 0 Å². The van der Waals surface area contributed by atoms with Gasteiger partial charge in [-0.2, -0.15) is 0 Å². The predicted octanol–water partition coefficient (Wildman–Crippen LogP) is 6.53. The Morgan fingerprint density at radius 1 is 0.778 bits per heavy atom. The predicted molar refractivity (Wildman–Crippen MR) is 118 cm³/mol. The van der Waals surface area contributed by atoms with Crippen LogP contribution in [0.25, 0.3) is 0 Å². The van der Waals surface area contributed by atoms with Gasteiger partial charge in [-0.1, -0.05) is 96.6 Å². The summed E-state index contributed by atoms with van der Waals surface area (Å²) >= 11 is 0. The van der Waals surface area contributed by atoms with Crippen molar-refractivity contribution in [2.75, 3.05) is 6.61 Å². The standard InChI is InChI=1S/C24H47NO2/c1-3-5-7-8-9-10-11-12-13-14-15-16-17-18-20-23(24(25)27)22(21-26)19-6-4-2/h8-9,22-23,26H,3-7,10-21H2,1-2H3,(H2,25,27). The molecule has 27 heavy (non-hydrogen) atoms. The van der Waals surface area contributed by atoms with Gasteiger partial charge in [-0.25, -0.2) is 0 Å². The smallest absolute Gasteiger partial charge is 0.220 e. The Morgan fingerprint density at radius 2 is 1.30 bits per heavy atom. The molecule has 0 saturated carbocycles. The minimum absolute atomic E-state index is 0.0541. The lowest BCUT2D eigenvalue weighted by Crippen LogP contribution is -2.32. The van der Waals surface area contributed by atoms with Gasteiger partial charge in [0.1, 0.15) is 0 Å². The second-order valence-corrected chi connectivity index (χ2v) is 8.11. The van der Waals surface area contributed by atoms with Crippen molar-refractivity contribution in [1.29, 1.82) is 0 Å². The van der Waals surface area contributed by atoms with Gasteiger partial charge in [0.2, 0.25) is 5.91 Å². The maximum Gasteiger partial charge on any atom is 0.220 e. The van der Waals surface area contributed by atoms with Crippen LogP contribution in [-0.2, 0) is 4.79 Å². The van der Waals surface area contributed by atoms with Gasteiger partial charge >= 0.3 is 0 Å². The van der Waals surface area contributed by atoms with E-state index in [1.165, 1.54) is 70.6 Å². The Balaban J connectivity index is 3.62. The van der Waals surface area contributed by atoms with E-state index in [9.17, 15) is 9.90 Å². The summed E-state index contributed by atoms with van der Waals surface area (Å²) in [6, 6.07) is 0. The van der Waals surface area contributed by atoms with E-state index in [2.05, 4.69) is 26.0 Å². The first-order valence-corrected chi connectivity index (χ1v) is 11.7. The average Bonchev–Trinajstić information content (AvgIpc) is 2.66. The van der Waals surface area contributed by atoms with Crippen molar-refractivity contribution in [1.82, 2.24) is 0 Å². The Kier molecular flexibility index (Phi) is 19.3. The topological polar surface area (TPSA) is 63.3 Å². The van der Waals surface area contributed by atoms with E-state index in [1.807, 2.05) is 0 Å². The van der Waals surface area contributed by atoms with E-state index in [1.54, 1.807) is 0 Å². The number of unbranched alkanes of at least 4 members (excludes halogenated alkanes) is 11. The maximum atomic E-state index is 11.7. The van der Waals surface area contributed by atoms with Crippen LogP contribution in [-0.4, -0.2) is 17.6 Å². The number of amides is 1. The van der Waals surface area contributed by atoms with E-state index < -0.39 is 0 Å². The molecule has 0 rings (SSSR count). The fourth-order valence-electron chi connectivity index (χ4n) is 3.74. The van der Waals surface area contributed by atoms with Gasteiger partial charge in [-0.15, -0.1) is 0 Å². The molecule has 2 unspecified atom stereocenters. The molecule has 2 atom stereocenters. The van der Waals surface area contributed by atoms with Gasteiger partial charge in [-0.3, -0.25) is 4.79 Å². The highest BCUT2D eigenvalue weighted by molar-refractivity contribution is 5.76. The molecular formula is C24H47NO2. The molecule has 3 heteroatoms. The minimum atomic E-state index is -0.228. The fourth-order valence-corrected chi connectivity index (χ4v) is 3.74. The molecule has 160 valence electrons. The zero-order chi connectivity index (χ0) is 20.2. The Labute approximate surface area is 169 Å². The molecular weight excluding hydrogens is 334 g/mol. The van der Waals surface area contributed by atoms with Crippen molar-refractivity contribution in [3.8, 4) is 0 Å². The highest BCUT2D eigenvalue weighted by atomic mass is 16.3. The number of carbonyl (C=O) groups excluding carboxylic acids is 1. The summed E-state index contributed by atoms with van der Waals surface area (Å²) in [5.41, 5.74) is 5.58. The Morgan fingerprint density at radius 3 is 1.81 bits per heavy atom. The lowest BCUT2D eigenvalue weighted by atomic mass is 9.84. The summed E-state index contributed by atoms with van der Waals surface area (Å²) in [7, 11) is 0. The van der Waals surface area contributed by atoms with E-state index in [0.29, 0.717) is 0 Å². The number of allylic oxidation sites excluding steroid dienone is 2. The zero-order valence-electron chi connectivity index (χ0n) is 18.3. The summed E-state index contributed by atoms with van der Waals surface area (Å²) in [6.45, 7) is 4.46. The molecule has 0 spiro atoms. The number of aliphatic hydroxyl groups excluding tert-OH is 1. The van der Waals surface area contributed by atoms with Crippen LogP contribution in [0.5, 0.6) is 0 Å². The number of aliphatic hydroxyl groups is 1. The molecule has 0 heterocycles. The van der Waals surface area contributed by atoms with Crippen LogP contribution in [0.3, 0.4) is 0 Å². The van der Waals surface area contributed by atoms with Crippen molar-refractivity contribution in [3.05, 3.63) is 12.2 Å². The summed E-state index contributed by atoms with van der Waals surface area (Å²) < 4.78 is 0. The van der Waals surface area contributed by atoms with Crippen LogP contribution in [0, 0.1) is 11.8 Å². The first kappa shape index (κ1) is 26.2. The second-order valence-electron chi connectivity index (χ2n) is 8.11. The molecule has 0 aliphatic rings. The third kappa shape index (κ3) is 15.9. The van der Waals surface area contributed by atoms with E-state index in [0.717, 1.165) is 32.1 Å². The number of hydrogen-bond donors (Lipinski definition) is 2. The van der Waals surface area contributed by atoms with Gasteiger partial charge in [-0.05, 0) is 38.0 Å². The molecule has 0 saturated heterocycles. The van der Waals surface area contributed by atoms with E-state index in [4.69, 9.17) is 5.73 Å². The third-order valence-corrected chi connectivity index (χ3v) is 5.62. The Bertz CT molecular complexity index is 354. The third-order valence-electron chi connectivity index (χ3n) is 5.62. The van der Waals surface area contributed by atoms with E-state index in [-0.39, 0.29) is 24.3 Å². The largest absolute Gasteiger partial charge is 0.396 e. The second kappa shape index (κ2) is 19.9. The molecule has 0 aliphatic carbocycles. The molecule has 0 fully saturated rings. The van der Waals surface area contributed by atoms with Gasteiger partial charge in [0, 0.05) is 12.5 Å². The monoisotopic (exact) mass is 381 g/mol. The molecule has 0 aliphatic heterocycles. The van der Waals surface area contributed by atoms with Crippen LogP contribution in [0.1, 0.15) is 117 Å². The number of hydrogen-bond acceptors (Lipinski definition) is 2. The summed E-state index contributed by atoms with van der Waals surface area (Å²) in [4.78, 5) is 11.7. The van der Waals surface area contributed by atoms with Crippen LogP contribution in [0.15, 0.2) is 12.2 Å². The number of primary amides is 1. The van der Waals surface area contributed by atoms with Crippen molar-refractivity contribution in [2.24, 2.45) is 17.6 Å². The van der Waals surface area contributed by atoms with Crippen LogP contribution in [0.2, 0.25) is 0 Å². The zero-order valence-corrected chi connectivity index (χ0v) is 18.3. The quantitative estimate of drug-likeness (QED) is 0.186. The summed E-state index contributed by atoms with van der Waals surface area (Å²) in [6.07, 6.45) is 23.8. The first-order chi connectivity index (χ1) is 13.2. The number of nitrogens with two attached hydrogens (primary N) is 1. The number of carbonyl (C=O) groups is 1. The molecule has 3 nitrogen and oxygen atoms in total. The van der Waals surface area contributed by atoms with Gasteiger partial charge < -0.3 is 10.8 Å². The maximum absolute atomic E-state index is 11.7. The van der Waals surface area contributed by atoms with Gasteiger partial charge in [0.25, 0.3) is 0 Å². The molecule has 0 bridgehead atoms. The molecule has 0 radical (unpaired) electrons. The molecule has 0 aromatic rings. The van der Waals surface area contributed by atoms with Crippen molar-refractivity contribution >= 4 is 5.91 Å². The minimum Gasteiger partial charge on any atom is -0.396 e. The molecule has 0 aromatic carbocycles. The SMILES string of the molecule is CCCCC=CCCCCCCCCCCC(C(N)=O)C(CO)CCCC. The van der Waals surface area contributed by atoms with E-state index >= 15 is 0 Å². The molecule has 0 aromatic heterocycles. The van der Waals surface area contributed by atoms with Crippen molar-refractivity contribution in [2.45, 2.75) is 117 Å². The highest BCUT2D eigenvalue weighted by Gasteiger charge is 2.24. The van der Waals surface area contributed by atoms with Gasteiger partial charge in [0.05, 0.1) is 0 Å². The normalized spacial score (nSPS) is 13.9. The summed E-state index contributed by atoms with van der Waals surface area (Å²) in [5, 5.41) is 9.58. The van der Waals surface area contributed by atoms with Crippen LogP contribution >= 0.6 is 0 Å². The summed E-state index contributed by atoms with van der Waals surface area (Å²) in [5.74, 6) is -0.320. The first-order valence-electron chi connectivity index (χ1n) is 11.7. The van der Waals surface area contributed by atoms with Crippen molar-refractivity contribution in [3.63, 3.8) is 0 Å². The Hall–Kier alpha value is -0.830. The highest BCUT2D eigenvalue weighted by Crippen LogP contribution is 2.24.